The molecule has 156 valence electrons. The molecule has 7 heteroatoms. The molecule has 0 saturated heterocycles. The number of hydrogen-bond acceptors (Lipinski definition) is 4. The van der Waals surface area contributed by atoms with Crippen molar-refractivity contribution in [1.29, 1.82) is 0 Å². The second kappa shape index (κ2) is 9.65. The van der Waals surface area contributed by atoms with Gasteiger partial charge in [-0.15, -0.1) is 0 Å². The van der Waals surface area contributed by atoms with E-state index in [9.17, 15) is 13.2 Å². The van der Waals surface area contributed by atoms with E-state index in [0.29, 0.717) is 23.5 Å². The molecule has 0 aliphatic carbocycles. The van der Waals surface area contributed by atoms with Gasteiger partial charge in [0.05, 0.1) is 21.8 Å². The first-order chi connectivity index (χ1) is 14.4. The van der Waals surface area contributed by atoms with Crippen molar-refractivity contribution in [3.05, 3.63) is 78.0 Å². The van der Waals surface area contributed by atoms with Gasteiger partial charge in [0.2, 0.25) is 10.0 Å². The number of pyridine rings is 1. The number of aryl methyl sites for hydroxylation is 1. The highest BCUT2D eigenvalue weighted by Gasteiger charge is 2.16. The molecule has 1 heterocycles. The number of rotatable bonds is 8. The Hall–Kier alpha value is -3.03. The molecule has 0 aliphatic heterocycles. The van der Waals surface area contributed by atoms with Crippen molar-refractivity contribution < 1.29 is 13.2 Å². The van der Waals surface area contributed by atoms with E-state index in [1.807, 2.05) is 37.3 Å². The fourth-order valence-electron chi connectivity index (χ4n) is 2.98. The molecule has 1 amide bonds. The number of nitrogens with zero attached hydrogens (tertiary/aromatic N) is 1. The summed E-state index contributed by atoms with van der Waals surface area (Å²) in [4.78, 5) is 17.4. The summed E-state index contributed by atoms with van der Waals surface area (Å²) < 4.78 is 27.4. The molecule has 0 aliphatic rings. The van der Waals surface area contributed by atoms with E-state index in [4.69, 9.17) is 0 Å². The van der Waals surface area contributed by atoms with Crippen LogP contribution in [0.1, 0.15) is 35.8 Å². The van der Waals surface area contributed by atoms with Gasteiger partial charge in [0, 0.05) is 17.8 Å². The largest absolute Gasteiger partial charge is 0.322 e. The number of benzene rings is 2. The maximum atomic E-state index is 12.7. The lowest BCUT2D eigenvalue weighted by molar-refractivity contribution is 0.102. The summed E-state index contributed by atoms with van der Waals surface area (Å²) in [5.41, 5.74) is 3.20. The Balaban J connectivity index is 1.76. The molecule has 6 nitrogen and oxygen atoms in total. The molecular weight excluding hydrogens is 398 g/mol. The first-order valence-corrected chi connectivity index (χ1v) is 11.3. The highest BCUT2D eigenvalue weighted by Crippen LogP contribution is 2.20. The van der Waals surface area contributed by atoms with Gasteiger partial charge in [-0.25, -0.2) is 13.1 Å². The van der Waals surface area contributed by atoms with Gasteiger partial charge < -0.3 is 5.32 Å². The van der Waals surface area contributed by atoms with Crippen molar-refractivity contribution in [3.63, 3.8) is 0 Å². The maximum Gasteiger partial charge on any atom is 0.257 e. The molecule has 2 N–H and O–H groups in total. The van der Waals surface area contributed by atoms with Crippen LogP contribution >= 0.6 is 0 Å². The first kappa shape index (κ1) is 21.7. The van der Waals surface area contributed by atoms with Crippen LogP contribution in [0.3, 0.4) is 0 Å². The third-order valence-electron chi connectivity index (χ3n) is 4.62. The predicted molar refractivity (Wildman–Crippen MR) is 119 cm³/mol. The minimum Gasteiger partial charge on any atom is -0.322 e. The van der Waals surface area contributed by atoms with Crippen LogP contribution in [0.25, 0.3) is 11.3 Å². The number of carbonyl (C=O) groups is 1. The molecule has 0 atom stereocenters. The lowest BCUT2D eigenvalue weighted by atomic mass is 10.1. The number of carbonyl (C=O) groups excluding carboxylic acids is 1. The number of nitrogens with one attached hydrogen (secondary N) is 2. The minimum absolute atomic E-state index is 0.116. The van der Waals surface area contributed by atoms with E-state index in [1.54, 1.807) is 31.2 Å². The van der Waals surface area contributed by atoms with Crippen LogP contribution in [0.5, 0.6) is 0 Å². The number of aromatic nitrogens is 1. The van der Waals surface area contributed by atoms with E-state index in [2.05, 4.69) is 15.0 Å². The molecule has 3 aromatic rings. The summed E-state index contributed by atoms with van der Waals surface area (Å²) in [5, 5.41) is 2.77. The van der Waals surface area contributed by atoms with E-state index in [1.165, 1.54) is 12.1 Å². The fraction of sp³-hybridized carbons (Fsp3) is 0.217. The maximum absolute atomic E-state index is 12.7. The van der Waals surface area contributed by atoms with Crippen LogP contribution in [0.15, 0.2) is 71.6 Å². The van der Waals surface area contributed by atoms with Gasteiger partial charge in [-0.3, -0.25) is 9.78 Å². The van der Waals surface area contributed by atoms with Gasteiger partial charge in [0.1, 0.15) is 0 Å². The summed E-state index contributed by atoms with van der Waals surface area (Å²) >= 11 is 0. The normalized spacial score (nSPS) is 11.3. The van der Waals surface area contributed by atoms with Crippen LogP contribution in [0, 0.1) is 6.92 Å². The Morgan fingerprint density at radius 1 is 1.00 bits per heavy atom. The standard InChI is InChI=1S/C23H25N3O3S/c1-3-4-15-24-30(28,29)20-12-8-11-19(16-20)26-23(27)21-13-14-22(25-17(21)2)18-9-6-5-7-10-18/h5-14,16,24H,3-4,15H2,1-2H3,(H,26,27). The summed E-state index contributed by atoms with van der Waals surface area (Å²) in [6.45, 7) is 4.15. The summed E-state index contributed by atoms with van der Waals surface area (Å²) in [5.74, 6) is -0.340. The molecule has 3 rings (SSSR count). The van der Waals surface area contributed by atoms with Crippen molar-refractivity contribution >= 4 is 21.6 Å². The Labute approximate surface area is 177 Å². The summed E-state index contributed by atoms with van der Waals surface area (Å²) in [6.07, 6.45) is 1.66. The number of anilines is 1. The lowest BCUT2D eigenvalue weighted by Gasteiger charge is -2.11. The average molecular weight is 424 g/mol. The highest BCUT2D eigenvalue weighted by molar-refractivity contribution is 7.89. The van der Waals surface area contributed by atoms with Crippen LogP contribution in [-0.2, 0) is 10.0 Å². The Morgan fingerprint density at radius 3 is 2.47 bits per heavy atom. The SMILES string of the molecule is CCCCNS(=O)(=O)c1cccc(NC(=O)c2ccc(-c3ccccc3)nc2C)c1. The van der Waals surface area contributed by atoms with E-state index in [0.717, 1.165) is 24.1 Å². The van der Waals surface area contributed by atoms with Crippen LogP contribution in [0.2, 0.25) is 0 Å². The third-order valence-corrected chi connectivity index (χ3v) is 6.08. The van der Waals surface area contributed by atoms with Crippen LogP contribution in [-0.4, -0.2) is 25.9 Å². The van der Waals surface area contributed by atoms with Gasteiger partial charge in [-0.05, 0) is 43.7 Å². The summed E-state index contributed by atoms with van der Waals surface area (Å²) in [7, 11) is -3.61. The van der Waals surface area contributed by atoms with E-state index < -0.39 is 10.0 Å². The van der Waals surface area contributed by atoms with Gasteiger partial charge in [-0.2, -0.15) is 0 Å². The molecule has 2 aromatic carbocycles. The monoisotopic (exact) mass is 423 g/mol. The zero-order valence-electron chi connectivity index (χ0n) is 17.1. The number of hydrogen-bond donors (Lipinski definition) is 2. The molecule has 1 aromatic heterocycles. The van der Waals surface area contributed by atoms with Gasteiger partial charge in [-0.1, -0.05) is 49.7 Å². The Kier molecular flexibility index (Phi) is 6.97. The van der Waals surface area contributed by atoms with Crippen molar-refractivity contribution in [2.24, 2.45) is 0 Å². The molecule has 0 fully saturated rings. The third kappa shape index (κ3) is 5.31. The number of amides is 1. The molecule has 0 radical (unpaired) electrons. The van der Waals surface area contributed by atoms with Crippen LogP contribution < -0.4 is 10.0 Å². The number of sulfonamides is 1. The predicted octanol–water partition coefficient (Wildman–Crippen LogP) is 4.39. The second-order valence-electron chi connectivity index (χ2n) is 6.93. The molecule has 30 heavy (non-hydrogen) atoms. The second-order valence-corrected chi connectivity index (χ2v) is 8.70. The van der Waals surface area contributed by atoms with Gasteiger partial charge in [0.25, 0.3) is 5.91 Å². The van der Waals surface area contributed by atoms with Crippen LogP contribution in [0.4, 0.5) is 5.69 Å². The zero-order chi connectivity index (χ0) is 21.6. The first-order valence-electron chi connectivity index (χ1n) is 9.85. The summed E-state index contributed by atoms with van der Waals surface area (Å²) in [6, 6.07) is 19.5. The molecule has 0 spiro atoms. The molecule has 0 unspecified atom stereocenters. The quantitative estimate of drug-likeness (QED) is 0.526. The highest BCUT2D eigenvalue weighted by atomic mass is 32.2. The van der Waals surface area contributed by atoms with Gasteiger partial charge >= 0.3 is 0 Å². The van der Waals surface area contributed by atoms with Crippen molar-refractivity contribution in [2.75, 3.05) is 11.9 Å². The number of unbranched alkanes of at least 4 members (excludes halogenated alkanes) is 1. The Morgan fingerprint density at radius 2 is 1.77 bits per heavy atom. The van der Waals surface area contributed by atoms with Crippen molar-refractivity contribution in [1.82, 2.24) is 9.71 Å². The smallest absolute Gasteiger partial charge is 0.257 e. The van der Waals surface area contributed by atoms with E-state index >= 15 is 0 Å². The topological polar surface area (TPSA) is 88.2 Å². The lowest BCUT2D eigenvalue weighted by Crippen LogP contribution is -2.25. The molecule has 0 saturated carbocycles. The van der Waals surface area contributed by atoms with Crippen molar-refractivity contribution in [2.45, 2.75) is 31.6 Å². The van der Waals surface area contributed by atoms with Crippen molar-refractivity contribution in [3.8, 4) is 11.3 Å². The average Bonchev–Trinajstić information content (AvgIpc) is 2.74. The minimum atomic E-state index is -3.61. The zero-order valence-corrected chi connectivity index (χ0v) is 17.9. The van der Waals surface area contributed by atoms with E-state index in [-0.39, 0.29) is 10.8 Å². The molecule has 0 bridgehead atoms. The Bertz CT molecular complexity index is 1130. The fourth-order valence-corrected chi connectivity index (χ4v) is 4.10. The van der Waals surface area contributed by atoms with Gasteiger partial charge in [0.15, 0.2) is 0 Å². The molecular formula is C23H25N3O3S.